The molecule has 1 aromatic rings. The lowest BCUT2D eigenvalue weighted by atomic mass is 9.98. The molecular weight excluding hydrogens is 368 g/mol. The van der Waals surface area contributed by atoms with Crippen molar-refractivity contribution >= 4 is 22.0 Å². The van der Waals surface area contributed by atoms with Gasteiger partial charge in [-0.2, -0.15) is 0 Å². The van der Waals surface area contributed by atoms with Gasteiger partial charge in [0, 0.05) is 17.6 Å². The van der Waals surface area contributed by atoms with E-state index in [0.717, 1.165) is 39.0 Å². The third-order valence-electron chi connectivity index (χ3n) is 4.13. The third kappa shape index (κ3) is 6.44. The summed E-state index contributed by atoms with van der Waals surface area (Å²) in [5.74, 6) is 0.505. The highest BCUT2D eigenvalue weighted by Crippen LogP contribution is 2.19. The first kappa shape index (κ1) is 19.3. The second kappa shape index (κ2) is 8.86. The van der Waals surface area contributed by atoms with Crippen molar-refractivity contribution in [3.8, 4) is 0 Å². The van der Waals surface area contributed by atoms with Crippen LogP contribution in [0.15, 0.2) is 28.7 Å². The minimum Gasteiger partial charge on any atom is -0.444 e. The summed E-state index contributed by atoms with van der Waals surface area (Å²) in [6.07, 6.45) is 3.04. The van der Waals surface area contributed by atoms with E-state index in [1.54, 1.807) is 0 Å². The molecule has 0 saturated carbocycles. The van der Waals surface area contributed by atoms with Crippen LogP contribution in [0.2, 0.25) is 0 Å². The summed E-state index contributed by atoms with van der Waals surface area (Å²) in [6, 6.07) is 8.33. The topological polar surface area (TPSA) is 41.6 Å². The van der Waals surface area contributed by atoms with Gasteiger partial charge in [0.1, 0.15) is 5.60 Å². The van der Waals surface area contributed by atoms with E-state index in [-0.39, 0.29) is 6.09 Å². The van der Waals surface area contributed by atoms with Gasteiger partial charge >= 0.3 is 6.09 Å². The molecule has 0 aromatic heterocycles. The van der Waals surface area contributed by atoms with Gasteiger partial charge in [-0.05, 0) is 70.7 Å². The molecule has 1 aromatic carbocycles. The Bertz CT molecular complexity index is 542. The molecule has 1 heterocycles. The van der Waals surface area contributed by atoms with Gasteiger partial charge in [0.05, 0.1) is 0 Å². The quantitative estimate of drug-likeness (QED) is 0.757. The van der Waals surface area contributed by atoms with E-state index in [1.807, 2.05) is 31.7 Å². The molecule has 0 bridgehead atoms. The Morgan fingerprint density at radius 1 is 1.38 bits per heavy atom. The van der Waals surface area contributed by atoms with Gasteiger partial charge in [-0.3, -0.25) is 0 Å². The van der Waals surface area contributed by atoms with Crippen LogP contribution in [0.1, 0.15) is 39.2 Å². The maximum Gasteiger partial charge on any atom is 0.410 e. The average molecular weight is 397 g/mol. The predicted octanol–water partition coefficient (Wildman–Crippen LogP) is 4.23. The lowest BCUT2D eigenvalue weighted by Crippen LogP contribution is -2.45. The third-order valence-corrected chi connectivity index (χ3v) is 4.91. The second-order valence-electron chi connectivity index (χ2n) is 7.48. The van der Waals surface area contributed by atoms with Gasteiger partial charge in [0.2, 0.25) is 0 Å². The Labute approximate surface area is 154 Å². The van der Waals surface area contributed by atoms with Crippen LogP contribution in [0, 0.1) is 5.92 Å². The number of piperidine rings is 1. The lowest BCUT2D eigenvalue weighted by molar-refractivity contribution is 0.0166. The lowest BCUT2D eigenvalue weighted by Gasteiger charge is -2.34. The SMILES string of the molecule is CC(C)(C)OC(=O)N1CCC[C@@H](CNCCc2ccccc2Br)C1. The molecule has 0 aliphatic carbocycles. The van der Waals surface area contributed by atoms with Crippen LogP contribution in [0.4, 0.5) is 4.79 Å². The first-order valence-electron chi connectivity index (χ1n) is 8.77. The van der Waals surface area contributed by atoms with E-state index >= 15 is 0 Å². The van der Waals surface area contributed by atoms with Crippen LogP contribution in [-0.4, -0.2) is 42.8 Å². The summed E-state index contributed by atoms with van der Waals surface area (Å²) in [5.41, 5.74) is 0.898. The Balaban J connectivity index is 1.71. The van der Waals surface area contributed by atoms with Crippen molar-refractivity contribution in [2.24, 2.45) is 5.92 Å². The number of hydrogen-bond donors (Lipinski definition) is 1. The molecular formula is C19H29BrN2O2. The molecule has 1 atom stereocenters. The molecule has 0 radical (unpaired) electrons. The van der Waals surface area contributed by atoms with Gasteiger partial charge in [-0.1, -0.05) is 34.1 Å². The van der Waals surface area contributed by atoms with Crippen molar-refractivity contribution in [2.75, 3.05) is 26.2 Å². The Morgan fingerprint density at radius 2 is 2.12 bits per heavy atom. The highest BCUT2D eigenvalue weighted by molar-refractivity contribution is 9.10. The molecule has 24 heavy (non-hydrogen) atoms. The maximum absolute atomic E-state index is 12.2. The highest BCUT2D eigenvalue weighted by Gasteiger charge is 2.27. The van der Waals surface area contributed by atoms with Gasteiger partial charge < -0.3 is 15.0 Å². The minimum absolute atomic E-state index is 0.180. The van der Waals surface area contributed by atoms with E-state index in [9.17, 15) is 4.79 Å². The van der Waals surface area contributed by atoms with Crippen LogP contribution in [-0.2, 0) is 11.2 Å². The Kier molecular flexibility index (Phi) is 7.11. The van der Waals surface area contributed by atoms with E-state index in [1.165, 1.54) is 16.5 Å². The summed E-state index contributed by atoms with van der Waals surface area (Å²) in [5, 5.41) is 3.54. The van der Waals surface area contributed by atoms with Crippen molar-refractivity contribution in [3.05, 3.63) is 34.3 Å². The number of rotatable bonds is 5. The number of halogens is 1. The smallest absolute Gasteiger partial charge is 0.410 e. The molecule has 134 valence electrons. The molecule has 2 rings (SSSR count). The number of likely N-dealkylation sites (tertiary alicyclic amines) is 1. The van der Waals surface area contributed by atoms with Crippen LogP contribution in [0.5, 0.6) is 0 Å². The zero-order valence-electron chi connectivity index (χ0n) is 15.0. The van der Waals surface area contributed by atoms with Crippen LogP contribution in [0.25, 0.3) is 0 Å². The largest absolute Gasteiger partial charge is 0.444 e. The first-order valence-corrected chi connectivity index (χ1v) is 9.56. The average Bonchev–Trinajstić information content (AvgIpc) is 2.52. The van der Waals surface area contributed by atoms with Crippen molar-refractivity contribution < 1.29 is 9.53 Å². The van der Waals surface area contributed by atoms with Crippen molar-refractivity contribution in [2.45, 2.75) is 45.6 Å². The number of ether oxygens (including phenoxy) is 1. The summed E-state index contributed by atoms with van der Waals surface area (Å²) in [6.45, 7) is 9.23. The number of amides is 1. The molecule has 0 unspecified atom stereocenters. The number of benzene rings is 1. The van der Waals surface area contributed by atoms with Crippen molar-refractivity contribution in [1.82, 2.24) is 10.2 Å². The number of nitrogens with zero attached hydrogens (tertiary/aromatic N) is 1. The predicted molar refractivity (Wildman–Crippen MR) is 101 cm³/mol. The molecule has 4 nitrogen and oxygen atoms in total. The normalized spacial score (nSPS) is 18.5. The van der Waals surface area contributed by atoms with E-state index in [4.69, 9.17) is 4.74 Å². The first-order chi connectivity index (χ1) is 11.3. The molecule has 0 spiro atoms. The summed E-state index contributed by atoms with van der Waals surface area (Å²) in [4.78, 5) is 14.0. The number of carbonyl (C=O) groups excluding carboxylic acids is 1. The zero-order chi connectivity index (χ0) is 17.6. The Morgan fingerprint density at radius 3 is 2.83 bits per heavy atom. The fourth-order valence-corrected chi connectivity index (χ4v) is 3.44. The number of nitrogens with one attached hydrogen (secondary N) is 1. The monoisotopic (exact) mass is 396 g/mol. The second-order valence-corrected chi connectivity index (χ2v) is 8.33. The van der Waals surface area contributed by atoms with Gasteiger partial charge in [-0.25, -0.2) is 4.79 Å². The van der Waals surface area contributed by atoms with E-state index in [2.05, 4.69) is 39.4 Å². The Hall–Kier alpha value is -1.07. The fourth-order valence-electron chi connectivity index (χ4n) is 2.95. The minimum atomic E-state index is -0.425. The van der Waals surface area contributed by atoms with Crippen molar-refractivity contribution in [3.63, 3.8) is 0 Å². The molecule has 1 fully saturated rings. The van der Waals surface area contributed by atoms with Crippen LogP contribution >= 0.6 is 15.9 Å². The molecule has 1 amide bonds. The maximum atomic E-state index is 12.2. The van der Waals surface area contributed by atoms with Crippen LogP contribution in [0.3, 0.4) is 0 Å². The molecule has 1 aliphatic heterocycles. The van der Waals surface area contributed by atoms with Gasteiger partial charge in [0.15, 0.2) is 0 Å². The fraction of sp³-hybridized carbons (Fsp3) is 0.632. The molecule has 1 saturated heterocycles. The number of hydrogen-bond acceptors (Lipinski definition) is 3. The number of carbonyl (C=O) groups is 1. The zero-order valence-corrected chi connectivity index (χ0v) is 16.6. The van der Waals surface area contributed by atoms with Gasteiger partial charge in [0.25, 0.3) is 0 Å². The van der Waals surface area contributed by atoms with E-state index in [0.29, 0.717) is 5.92 Å². The molecule has 5 heteroatoms. The summed E-state index contributed by atoms with van der Waals surface area (Å²) >= 11 is 3.59. The molecule has 1 N–H and O–H groups in total. The summed E-state index contributed by atoms with van der Waals surface area (Å²) < 4.78 is 6.65. The van der Waals surface area contributed by atoms with Crippen molar-refractivity contribution in [1.29, 1.82) is 0 Å². The summed E-state index contributed by atoms with van der Waals surface area (Å²) in [7, 11) is 0. The van der Waals surface area contributed by atoms with Gasteiger partial charge in [-0.15, -0.1) is 0 Å². The van der Waals surface area contributed by atoms with E-state index < -0.39 is 5.60 Å². The molecule has 1 aliphatic rings. The standard InChI is InChI=1S/C19H29BrN2O2/c1-19(2,3)24-18(23)22-12-6-7-15(14-22)13-21-11-10-16-8-4-5-9-17(16)20/h4-5,8-9,15,21H,6-7,10-14H2,1-3H3/t15-/m0/s1. The van der Waals surface area contributed by atoms with Crippen LogP contribution < -0.4 is 5.32 Å². The highest BCUT2D eigenvalue weighted by atomic mass is 79.9.